The van der Waals surface area contributed by atoms with Gasteiger partial charge in [-0.05, 0) is 48.2 Å². The van der Waals surface area contributed by atoms with E-state index in [4.69, 9.17) is 0 Å². The van der Waals surface area contributed by atoms with E-state index in [1.54, 1.807) is 0 Å². The molecule has 2 heteroatoms. The molecule has 2 aromatic rings. The first-order valence-corrected chi connectivity index (χ1v) is 10.6. The number of hydrogen-bond acceptors (Lipinski definition) is 2. The zero-order chi connectivity index (χ0) is 20.2. The highest BCUT2D eigenvalue weighted by atomic mass is 15.1. The minimum Gasteiger partial charge on any atom is -0.378 e. The summed E-state index contributed by atoms with van der Waals surface area (Å²) in [5.41, 5.74) is 5.02. The number of rotatable bonds is 11. The molecule has 0 bridgehead atoms. The van der Waals surface area contributed by atoms with Gasteiger partial charge in [0, 0.05) is 38.6 Å². The van der Waals surface area contributed by atoms with E-state index in [1.165, 1.54) is 48.2 Å². The molecule has 0 aromatic heterocycles. The molecule has 2 rings (SSSR count). The first-order chi connectivity index (χ1) is 13.6. The number of unbranched alkanes of at least 4 members (excludes halogenated alkanes) is 2. The molecule has 0 saturated heterocycles. The van der Waals surface area contributed by atoms with Crippen molar-refractivity contribution in [2.24, 2.45) is 0 Å². The van der Waals surface area contributed by atoms with E-state index in [1.807, 2.05) is 0 Å². The smallest absolute Gasteiger partial charge is 0.0366 e. The SMILES string of the molecule is CCCCN(CCCC)c1ccc(/C=C/C=C/c2ccc(N(C)C)cc2)cc1. The molecule has 0 atom stereocenters. The van der Waals surface area contributed by atoms with Gasteiger partial charge in [-0.15, -0.1) is 0 Å². The Labute approximate surface area is 172 Å². The van der Waals surface area contributed by atoms with E-state index in [-0.39, 0.29) is 0 Å². The monoisotopic (exact) mass is 376 g/mol. The molecule has 0 aliphatic rings. The highest BCUT2D eigenvalue weighted by Gasteiger charge is 2.05. The van der Waals surface area contributed by atoms with Crippen LogP contribution < -0.4 is 9.80 Å². The maximum absolute atomic E-state index is 2.53. The first-order valence-electron chi connectivity index (χ1n) is 10.6. The Morgan fingerprint density at radius 1 is 0.643 bits per heavy atom. The molecule has 0 amide bonds. The maximum Gasteiger partial charge on any atom is 0.0366 e. The summed E-state index contributed by atoms with van der Waals surface area (Å²) >= 11 is 0. The van der Waals surface area contributed by atoms with Crippen molar-refractivity contribution in [1.82, 2.24) is 0 Å². The molecule has 0 heterocycles. The van der Waals surface area contributed by atoms with Gasteiger partial charge in [0.25, 0.3) is 0 Å². The third kappa shape index (κ3) is 7.26. The van der Waals surface area contributed by atoms with Gasteiger partial charge in [-0.2, -0.15) is 0 Å². The number of nitrogens with zero attached hydrogens (tertiary/aromatic N) is 2. The Hall–Kier alpha value is -2.48. The van der Waals surface area contributed by atoms with Crippen molar-refractivity contribution in [2.75, 3.05) is 37.0 Å². The molecule has 2 aromatic carbocycles. The minimum absolute atomic E-state index is 1.15. The Kier molecular flexibility index (Phi) is 9.41. The molecular weight excluding hydrogens is 340 g/mol. The van der Waals surface area contributed by atoms with E-state index in [0.29, 0.717) is 0 Å². The van der Waals surface area contributed by atoms with E-state index >= 15 is 0 Å². The van der Waals surface area contributed by atoms with E-state index in [9.17, 15) is 0 Å². The van der Waals surface area contributed by atoms with Gasteiger partial charge in [0.2, 0.25) is 0 Å². The topological polar surface area (TPSA) is 6.48 Å². The van der Waals surface area contributed by atoms with Gasteiger partial charge in [-0.25, -0.2) is 0 Å². The van der Waals surface area contributed by atoms with Crippen molar-refractivity contribution < 1.29 is 0 Å². The second kappa shape index (κ2) is 12.1. The molecule has 0 saturated carbocycles. The van der Waals surface area contributed by atoms with Crippen LogP contribution in [0.4, 0.5) is 11.4 Å². The van der Waals surface area contributed by atoms with Gasteiger partial charge >= 0.3 is 0 Å². The van der Waals surface area contributed by atoms with Gasteiger partial charge in [-0.3, -0.25) is 0 Å². The Morgan fingerprint density at radius 2 is 1.07 bits per heavy atom. The molecular formula is C26H36N2. The predicted molar refractivity (Wildman–Crippen MR) is 127 cm³/mol. The summed E-state index contributed by atoms with van der Waals surface area (Å²) in [4.78, 5) is 4.64. The van der Waals surface area contributed by atoms with Gasteiger partial charge < -0.3 is 9.80 Å². The highest BCUT2D eigenvalue weighted by molar-refractivity contribution is 5.61. The molecule has 0 unspecified atom stereocenters. The maximum atomic E-state index is 2.53. The van der Waals surface area contributed by atoms with Crippen LogP contribution in [0.3, 0.4) is 0 Å². The second-order valence-corrected chi connectivity index (χ2v) is 7.49. The van der Waals surface area contributed by atoms with Gasteiger partial charge in [0.1, 0.15) is 0 Å². The Morgan fingerprint density at radius 3 is 1.46 bits per heavy atom. The number of anilines is 2. The molecule has 0 aliphatic carbocycles. The zero-order valence-corrected chi connectivity index (χ0v) is 18.1. The predicted octanol–water partition coefficient (Wildman–Crippen LogP) is 6.89. The van der Waals surface area contributed by atoms with E-state index < -0.39 is 0 Å². The third-order valence-corrected chi connectivity index (χ3v) is 4.92. The molecule has 0 radical (unpaired) electrons. The minimum atomic E-state index is 1.15. The van der Waals surface area contributed by atoms with Gasteiger partial charge in [0.15, 0.2) is 0 Å². The zero-order valence-electron chi connectivity index (χ0n) is 18.1. The second-order valence-electron chi connectivity index (χ2n) is 7.49. The quantitative estimate of drug-likeness (QED) is 0.394. The lowest BCUT2D eigenvalue weighted by Gasteiger charge is -2.24. The lowest BCUT2D eigenvalue weighted by atomic mass is 10.1. The fourth-order valence-corrected chi connectivity index (χ4v) is 3.08. The number of benzene rings is 2. The third-order valence-electron chi connectivity index (χ3n) is 4.92. The summed E-state index contributed by atoms with van der Waals surface area (Å²) in [7, 11) is 4.12. The van der Waals surface area contributed by atoms with Crippen molar-refractivity contribution in [3.05, 3.63) is 71.8 Å². The fraction of sp³-hybridized carbons (Fsp3) is 0.385. The van der Waals surface area contributed by atoms with Gasteiger partial charge in [0.05, 0.1) is 0 Å². The van der Waals surface area contributed by atoms with Crippen LogP contribution in [0.2, 0.25) is 0 Å². The molecule has 0 N–H and O–H groups in total. The van der Waals surface area contributed by atoms with Crippen LogP contribution in [0, 0.1) is 0 Å². The van der Waals surface area contributed by atoms with Crippen molar-refractivity contribution in [3.8, 4) is 0 Å². The normalized spacial score (nSPS) is 11.4. The fourth-order valence-electron chi connectivity index (χ4n) is 3.08. The standard InChI is InChI=1S/C26H36N2/c1-5-7-21-28(22-8-6-2)26-19-15-24(16-20-26)12-10-9-11-23-13-17-25(18-14-23)27(3)4/h9-20H,5-8,21-22H2,1-4H3/b11-9+,12-10+. The summed E-state index contributed by atoms with van der Waals surface area (Å²) in [5.74, 6) is 0. The average Bonchev–Trinajstić information content (AvgIpc) is 2.72. The van der Waals surface area contributed by atoms with Crippen LogP contribution in [0.1, 0.15) is 50.7 Å². The molecule has 0 aliphatic heterocycles. The summed E-state index contributed by atoms with van der Waals surface area (Å²) < 4.78 is 0. The summed E-state index contributed by atoms with van der Waals surface area (Å²) in [5, 5.41) is 0. The Balaban J connectivity index is 1.94. The first kappa shape index (κ1) is 21.8. The Bertz CT molecular complexity index is 716. The molecule has 0 spiro atoms. The van der Waals surface area contributed by atoms with Crippen molar-refractivity contribution in [3.63, 3.8) is 0 Å². The summed E-state index contributed by atoms with van der Waals surface area (Å²) in [6.07, 6.45) is 13.5. The number of allylic oxidation sites excluding steroid dienone is 2. The average molecular weight is 377 g/mol. The van der Waals surface area contributed by atoms with Crippen molar-refractivity contribution >= 4 is 23.5 Å². The summed E-state index contributed by atoms with van der Waals surface area (Å²) in [6, 6.07) is 17.5. The van der Waals surface area contributed by atoms with Crippen molar-refractivity contribution in [2.45, 2.75) is 39.5 Å². The van der Waals surface area contributed by atoms with Crippen LogP contribution in [0.5, 0.6) is 0 Å². The van der Waals surface area contributed by atoms with E-state index in [0.717, 1.165) is 13.1 Å². The lowest BCUT2D eigenvalue weighted by Crippen LogP contribution is -2.25. The van der Waals surface area contributed by atoms with Crippen LogP contribution >= 0.6 is 0 Å². The van der Waals surface area contributed by atoms with Crippen LogP contribution in [0.25, 0.3) is 12.2 Å². The van der Waals surface area contributed by atoms with Crippen LogP contribution in [-0.4, -0.2) is 27.2 Å². The molecule has 2 nitrogen and oxygen atoms in total. The summed E-state index contributed by atoms with van der Waals surface area (Å²) in [6.45, 7) is 6.83. The van der Waals surface area contributed by atoms with Crippen LogP contribution in [0.15, 0.2) is 60.7 Å². The van der Waals surface area contributed by atoms with Crippen molar-refractivity contribution in [1.29, 1.82) is 0 Å². The number of hydrogen-bond donors (Lipinski definition) is 0. The van der Waals surface area contributed by atoms with Crippen LogP contribution in [-0.2, 0) is 0 Å². The largest absolute Gasteiger partial charge is 0.378 e. The molecule has 150 valence electrons. The molecule has 0 fully saturated rings. The van der Waals surface area contributed by atoms with E-state index in [2.05, 4.69) is 111 Å². The lowest BCUT2D eigenvalue weighted by molar-refractivity contribution is 0.678. The molecule has 28 heavy (non-hydrogen) atoms. The highest BCUT2D eigenvalue weighted by Crippen LogP contribution is 2.18. The van der Waals surface area contributed by atoms with Gasteiger partial charge in [-0.1, -0.05) is 75.3 Å².